The van der Waals surface area contributed by atoms with Crippen molar-refractivity contribution in [3.05, 3.63) is 47.5 Å². The minimum Gasteiger partial charge on any atom is -0.345 e. The number of thiazole rings is 1. The van der Waals surface area contributed by atoms with Gasteiger partial charge in [0.1, 0.15) is 0 Å². The lowest BCUT2D eigenvalue weighted by molar-refractivity contribution is -0.114. The van der Waals surface area contributed by atoms with Gasteiger partial charge < -0.3 is 10.2 Å². The number of aromatic nitrogens is 1. The van der Waals surface area contributed by atoms with Crippen molar-refractivity contribution in [3.8, 4) is 0 Å². The molecule has 29 heavy (non-hydrogen) atoms. The van der Waals surface area contributed by atoms with Gasteiger partial charge in [-0.1, -0.05) is 22.9 Å². The summed E-state index contributed by atoms with van der Waals surface area (Å²) >= 11 is 7.60. The predicted molar refractivity (Wildman–Crippen MR) is 116 cm³/mol. The molecule has 4 rings (SSSR count). The summed E-state index contributed by atoms with van der Waals surface area (Å²) < 4.78 is 28.4. The minimum atomic E-state index is -3.58. The van der Waals surface area contributed by atoms with Crippen molar-refractivity contribution in [1.82, 2.24) is 9.29 Å². The number of hydrogen-bond acceptors (Lipinski definition) is 6. The molecule has 2 heterocycles. The summed E-state index contributed by atoms with van der Waals surface area (Å²) in [5.41, 5.74) is 1.46. The zero-order valence-corrected chi connectivity index (χ0v) is 18.0. The van der Waals surface area contributed by atoms with Gasteiger partial charge in [-0.25, -0.2) is 13.4 Å². The highest BCUT2D eigenvalue weighted by Gasteiger charge is 2.29. The molecule has 0 saturated carbocycles. The third kappa shape index (κ3) is 4.23. The molecule has 1 fully saturated rings. The number of sulfonamides is 1. The molecule has 1 aliphatic heterocycles. The number of benzene rings is 2. The summed E-state index contributed by atoms with van der Waals surface area (Å²) in [6.45, 7) is 3.30. The van der Waals surface area contributed by atoms with E-state index in [1.54, 1.807) is 23.5 Å². The highest BCUT2D eigenvalue weighted by atomic mass is 35.5. The van der Waals surface area contributed by atoms with E-state index in [2.05, 4.69) is 15.2 Å². The smallest absolute Gasteiger partial charge is 0.243 e. The van der Waals surface area contributed by atoms with Crippen molar-refractivity contribution in [3.63, 3.8) is 0 Å². The average Bonchev–Trinajstić information content (AvgIpc) is 3.11. The zero-order valence-electron chi connectivity index (χ0n) is 15.6. The van der Waals surface area contributed by atoms with Crippen molar-refractivity contribution >= 4 is 59.9 Å². The van der Waals surface area contributed by atoms with Crippen molar-refractivity contribution in [2.75, 3.05) is 36.4 Å². The molecule has 0 radical (unpaired) electrons. The Kier molecular flexibility index (Phi) is 5.48. The van der Waals surface area contributed by atoms with Crippen LogP contribution in [0.5, 0.6) is 0 Å². The normalized spacial score (nSPS) is 15.6. The molecule has 3 aromatic rings. The number of anilines is 2. The number of carbonyl (C=O) groups excluding carboxylic acids is 1. The van der Waals surface area contributed by atoms with Gasteiger partial charge in [-0.05, 0) is 42.5 Å². The Morgan fingerprint density at radius 2 is 1.79 bits per heavy atom. The molecule has 0 spiro atoms. The Morgan fingerprint density at radius 1 is 1.10 bits per heavy atom. The molecule has 152 valence electrons. The summed E-state index contributed by atoms with van der Waals surface area (Å²) in [6, 6.07) is 11.8. The molecule has 0 aliphatic carbocycles. The van der Waals surface area contributed by atoms with Gasteiger partial charge in [0.05, 0.1) is 15.1 Å². The Labute approximate surface area is 178 Å². The van der Waals surface area contributed by atoms with E-state index in [0.29, 0.717) is 36.9 Å². The largest absolute Gasteiger partial charge is 0.345 e. The van der Waals surface area contributed by atoms with Gasteiger partial charge in [0.15, 0.2) is 5.13 Å². The van der Waals surface area contributed by atoms with Crippen LogP contribution < -0.4 is 10.2 Å². The fourth-order valence-corrected chi connectivity index (χ4v) is 5.92. The molecule has 0 unspecified atom stereocenters. The second-order valence-electron chi connectivity index (χ2n) is 6.71. The van der Waals surface area contributed by atoms with E-state index < -0.39 is 10.0 Å². The fraction of sp³-hybridized carbons (Fsp3) is 0.263. The van der Waals surface area contributed by atoms with Crippen LogP contribution in [-0.2, 0) is 14.8 Å². The summed E-state index contributed by atoms with van der Waals surface area (Å²) in [4.78, 5) is 18.1. The summed E-state index contributed by atoms with van der Waals surface area (Å²) in [7, 11) is -3.58. The molecule has 1 N–H and O–H groups in total. The lowest BCUT2D eigenvalue weighted by Crippen LogP contribution is -2.48. The Balaban J connectivity index is 1.45. The third-order valence-electron chi connectivity index (χ3n) is 4.66. The van der Waals surface area contributed by atoms with Crippen LogP contribution in [0.1, 0.15) is 6.92 Å². The number of rotatable bonds is 4. The van der Waals surface area contributed by atoms with Crippen molar-refractivity contribution in [2.45, 2.75) is 11.8 Å². The first-order valence-corrected chi connectivity index (χ1v) is 11.7. The fourth-order valence-electron chi connectivity index (χ4n) is 3.20. The molecule has 7 nitrogen and oxygen atoms in total. The summed E-state index contributed by atoms with van der Waals surface area (Å²) in [5, 5.41) is 4.18. The quantitative estimate of drug-likeness (QED) is 0.658. The van der Waals surface area contributed by atoms with Crippen molar-refractivity contribution in [1.29, 1.82) is 0 Å². The second-order valence-corrected chi connectivity index (χ2v) is 10.1. The number of amides is 1. The van der Waals surface area contributed by atoms with Gasteiger partial charge in [-0.3, -0.25) is 4.79 Å². The number of carbonyl (C=O) groups is 1. The zero-order chi connectivity index (χ0) is 20.6. The van der Waals surface area contributed by atoms with Crippen LogP contribution in [0.25, 0.3) is 10.2 Å². The van der Waals surface area contributed by atoms with E-state index >= 15 is 0 Å². The van der Waals surface area contributed by atoms with Crippen molar-refractivity contribution in [2.24, 2.45) is 0 Å². The monoisotopic (exact) mass is 450 g/mol. The van der Waals surface area contributed by atoms with Crippen molar-refractivity contribution < 1.29 is 13.2 Å². The number of piperazine rings is 1. The minimum absolute atomic E-state index is 0.200. The maximum atomic E-state index is 12.9. The SMILES string of the molecule is CC(=O)Nc1ccc(S(=O)(=O)N2CCN(c3nc4ccc(Cl)cc4s3)CC2)cc1. The molecule has 0 bridgehead atoms. The highest BCUT2D eigenvalue weighted by molar-refractivity contribution is 7.89. The van der Waals surface area contributed by atoms with Crippen LogP contribution in [0.3, 0.4) is 0 Å². The number of nitrogens with one attached hydrogen (secondary N) is 1. The van der Waals surface area contributed by atoms with E-state index in [1.807, 2.05) is 18.2 Å². The molecular formula is C19H19ClN4O3S2. The maximum absolute atomic E-state index is 12.9. The van der Waals surface area contributed by atoms with Gasteiger partial charge >= 0.3 is 0 Å². The number of halogens is 1. The molecule has 10 heteroatoms. The Bertz CT molecular complexity index is 1150. The average molecular weight is 451 g/mol. The number of nitrogens with zero attached hydrogens (tertiary/aromatic N) is 3. The van der Waals surface area contributed by atoms with Gasteiger partial charge in [0, 0.05) is 43.8 Å². The lowest BCUT2D eigenvalue weighted by atomic mass is 10.3. The van der Waals surface area contributed by atoms with Crippen LogP contribution in [0.15, 0.2) is 47.4 Å². The Morgan fingerprint density at radius 3 is 2.45 bits per heavy atom. The topological polar surface area (TPSA) is 82.6 Å². The van der Waals surface area contributed by atoms with Crippen LogP contribution >= 0.6 is 22.9 Å². The predicted octanol–water partition coefficient (Wildman–Crippen LogP) is 3.42. The second kappa shape index (κ2) is 7.91. The molecule has 1 aliphatic rings. The third-order valence-corrected chi connectivity index (χ3v) is 7.89. The first-order chi connectivity index (χ1) is 13.8. The van der Waals surface area contributed by atoms with Gasteiger partial charge in [-0.15, -0.1) is 0 Å². The van der Waals surface area contributed by atoms with Crippen LogP contribution in [0, 0.1) is 0 Å². The van der Waals surface area contributed by atoms with Gasteiger partial charge in [-0.2, -0.15) is 4.31 Å². The molecule has 2 aromatic carbocycles. The van der Waals surface area contributed by atoms with Crippen LogP contribution in [0.4, 0.5) is 10.8 Å². The first-order valence-electron chi connectivity index (χ1n) is 9.02. The van der Waals surface area contributed by atoms with E-state index in [0.717, 1.165) is 15.3 Å². The molecule has 1 saturated heterocycles. The van der Waals surface area contributed by atoms with Gasteiger partial charge in [0.2, 0.25) is 15.9 Å². The van der Waals surface area contributed by atoms with E-state index in [-0.39, 0.29) is 10.8 Å². The number of fused-ring (bicyclic) bond motifs is 1. The molecular weight excluding hydrogens is 432 g/mol. The van der Waals surface area contributed by atoms with Crippen LogP contribution in [-0.4, -0.2) is 49.8 Å². The molecule has 0 atom stereocenters. The first kappa shape index (κ1) is 20.1. The van der Waals surface area contributed by atoms with E-state index in [9.17, 15) is 13.2 Å². The molecule has 1 aromatic heterocycles. The summed E-state index contributed by atoms with van der Waals surface area (Å²) in [5.74, 6) is -0.200. The number of hydrogen-bond donors (Lipinski definition) is 1. The summed E-state index contributed by atoms with van der Waals surface area (Å²) in [6.07, 6.45) is 0. The maximum Gasteiger partial charge on any atom is 0.243 e. The van der Waals surface area contributed by atoms with Gasteiger partial charge in [0.25, 0.3) is 0 Å². The van der Waals surface area contributed by atoms with E-state index in [1.165, 1.54) is 23.4 Å². The lowest BCUT2D eigenvalue weighted by Gasteiger charge is -2.33. The Hall–Kier alpha value is -2.20. The standard InChI is InChI=1S/C19H19ClN4O3S2/c1-13(25)21-15-3-5-16(6-4-15)29(26,27)24-10-8-23(9-11-24)19-22-17-7-2-14(20)12-18(17)28-19/h2-7,12H,8-11H2,1H3,(H,21,25). The van der Waals surface area contributed by atoms with Crippen LogP contribution in [0.2, 0.25) is 5.02 Å². The molecule has 1 amide bonds. The highest BCUT2D eigenvalue weighted by Crippen LogP contribution is 2.31. The van der Waals surface area contributed by atoms with E-state index in [4.69, 9.17) is 11.6 Å².